The predicted octanol–water partition coefficient (Wildman–Crippen LogP) is 1.59. The molecule has 0 radical (unpaired) electrons. The number of anilines is 1. The molecule has 168 valence electrons. The Hall–Kier alpha value is -2.68. The summed E-state index contributed by atoms with van der Waals surface area (Å²) in [6, 6.07) is 16.6. The summed E-state index contributed by atoms with van der Waals surface area (Å²) in [5, 5.41) is 2.87. The van der Waals surface area contributed by atoms with Crippen molar-refractivity contribution in [3.8, 4) is 0 Å². The second-order valence-electron chi connectivity index (χ2n) is 9.79. The maximum absolute atomic E-state index is 14.1. The van der Waals surface area contributed by atoms with Crippen LogP contribution in [0.1, 0.15) is 40.7 Å². The molecule has 3 aromatic carbocycles. The van der Waals surface area contributed by atoms with Crippen molar-refractivity contribution < 1.29 is 9.46 Å². The molecule has 3 aromatic rings. The lowest BCUT2D eigenvalue weighted by molar-refractivity contribution is -0.167. The topological polar surface area (TPSA) is 46.4 Å². The molecule has 0 spiro atoms. The van der Waals surface area contributed by atoms with Crippen LogP contribution in [-0.4, -0.2) is 27.2 Å². The predicted molar refractivity (Wildman–Crippen MR) is 134 cm³/mol. The summed E-state index contributed by atoms with van der Waals surface area (Å²) in [6.07, 6.45) is 4.15. The Morgan fingerprint density at radius 2 is 1.76 bits per heavy atom. The Bertz CT molecular complexity index is 1510. The van der Waals surface area contributed by atoms with Crippen LogP contribution < -0.4 is 35.6 Å². The molecule has 0 saturated carbocycles. The average Bonchev–Trinajstić information content (AvgIpc) is 2.79. The van der Waals surface area contributed by atoms with E-state index in [4.69, 9.17) is 0 Å². The van der Waals surface area contributed by atoms with E-state index in [-0.39, 0.29) is 0 Å². The van der Waals surface area contributed by atoms with Crippen LogP contribution in [0.4, 0.5) is 5.69 Å². The van der Waals surface area contributed by atoms with E-state index in [1.54, 1.807) is 0 Å². The third-order valence-electron chi connectivity index (χ3n) is 7.68. The van der Waals surface area contributed by atoms with Gasteiger partial charge in [0.05, 0.1) is 7.37 Å². The highest BCUT2D eigenvalue weighted by molar-refractivity contribution is 7.72. The van der Waals surface area contributed by atoms with E-state index in [0.29, 0.717) is 10.6 Å². The van der Waals surface area contributed by atoms with E-state index in [9.17, 15) is 9.46 Å². The lowest BCUT2D eigenvalue weighted by Crippen LogP contribution is -2.47. The standard InChI is InChI=1S/C28H29N2O2P/c1-18-8-4-5-11-21(18)28-22-14-19-9-6-12-29(2)24(19)16-26(22)33(31,32)27-17-25-20(15-23(27)28)10-7-13-30(25)3/h4-5,8,11,14-17H,6-7,9-10,12-13H2,1-3H3. The zero-order valence-electron chi connectivity index (χ0n) is 19.5. The first-order valence-electron chi connectivity index (χ1n) is 11.9. The van der Waals surface area contributed by atoms with Crippen molar-refractivity contribution in [1.29, 1.82) is 0 Å². The monoisotopic (exact) mass is 456 g/mol. The SMILES string of the molecule is Cc1ccccc1C1=c2cc3c(cc2P(=O)([O-])c2cc4c(cc21)CCCN4C)=[N+](C)CCC3. The van der Waals surface area contributed by atoms with Gasteiger partial charge in [-0.1, -0.05) is 24.3 Å². The fraction of sp³-hybridized carbons (Fsp3) is 0.321. The van der Waals surface area contributed by atoms with Crippen molar-refractivity contribution in [2.24, 2.45) is 0 Å². The molecule has 0 bridgehead atoms. The van der Waals surface area contributed by atoms with Gasteiger partial charge in [0.1, 0.15) is 13.6 Å². The smallest absolute Gasteiger partial charge is 0.203 e. The third kappa shape index (κ3) is 3.08. The first-order chi connectivity index (χ1) is 15.9. The van der Waals surface area contributed by atoms with Crippen LogP contribution in [0, 0.1) is 6.92 Å². The minimum absolute atomic E-state index is 0.471. The van der Waals surface area contributed by atoms with E-state index < -0.39 is 7.37 Å². The van der Waals surface area contributed by atoms with Gasteiger partial charge in [-0.05, 0) is 77.4 Å². The lowest BCUT2D eigenvalue weighted by Gasteiger charge is -2.36. The van der Waals surface area contributed by atoms with E-state index in [1.807, 2.05) is 18.2 Å². The van der Waals surface area contributed by atoms with E-state index in [0.717, 1.165) is 77.3 Å². The van der Waals surface area contributed by atoms with E-state index in [2.05, 4.69) is 60.8 Å². The van der Waals surface area contributed by atoms with Crippen molar-refractivity contribution in [3.63, 3.8) is 0 Å². The average molecular weight is 457 g/mol. The van der Waals surface area contributed by atoms with Crippen molar-refractivity contribution >= 4 is 29.2 Å². The molecule has 0 N–H and O–H groups in total. The fourth-order valence-electron chi connectivity index (χ4n) is 5.92. The summed E-state index contributed by atoms with van der Waals surface area (Å²) in [5.41, 5.74) is 7.76. The molecule has 1 unspecified atom stereocenters. The number of hydrogen-bond donors (Lipinski definition) is 0. The fourth-order valence-corrected chi connectivity index (χ4v) is 7.75. The number of hydrogen-bond acceptors (Lipinski definition) is 3. The number of benzene rings is 3. The normalized spacial score (nSPS) is 21.3. The molecule has 5 heteroatoms. The first kappa shape index (κ1) is 20.9. The van der Waals surface area contributed by atoms with Gasteiger partial charge < -0.3 is 14.4 Å². The van der Waals surface area contributed by atoms with Crippen molar-refractivity contribution in [1.82, 2.24) is 4.58 Å². The van der Waals surface area contributed by atoms with Crippen LogP contribution in [-0.2, 0) is 17.4 Å². The number of fused-ring (bicyclic) bond motifs is 4. The molecule has 3 heterocycles. The summed E-state index contributed by atoms with van der Waals surface area (Å²) in [4.78, 5) is 16.3. The van der Waals surface area contributed by atoms with Gasteiger partial charge >= 0.3 is 0 Å². The highest BCUT2D eigenvalue weighted by atomic mass is 31.2. The molecule has 1 atom stereocenters. The summed E-state index contributed by atoms with van der Waals surface area (Å²) >= 11 is 0. The molecular formula is C28H29N2O2P. The summed E-state index contributed by atoms with van der Waals surface area (Å²) in [6.45, 7) is 4.03. The van der Waals surface area contributed by atoms with Crippen molar-refractivity contribution in [2.75, 3.05) is 32.1 Å². The Morgan fingerprint density at radius 1 is 0.970 bits per heavy atom. The molecule has 0 amide bonds. The maximum Gasteiger partial charge on any atom is 0.203 e. The zero-order chi connectivity index (χ0) is 22.9. The lowest BCUT2D eigenvalue weighted by atomic mass is 9.88. The van der Waals surface area contributed by atoms with Crippen LogP contribution in [0.5, 0.6) is 0 Å². The summed E-state index contributed by atoms with van der Waals surface area (Å²) in [7, 11) is 0.118. The second-order valence-corrected chi connectivity index (χ2v) is 11.9. The van der Waals surface area contributed by atoms with Crippen molar-refractivity contribution in [3.05, 3.63) is 86.9 Å². The number of nitrogens with zero attached hydrogens (tertiary/aromatic N) is 2. The van der Waals surface area contributed by atoms with E-state index in [1.165, 1.54) is 11.1 Å². The zero-order valence-corrected chi connectivity index (χ0v) is 20.4. The number of aryl methyl sites for hydroxylation is 3. The van der Waals surface area contributed by atoms with Gasteiger partial charge in [-0.2, -0.15) is 0 Å². The second kappa shape index (κ2) is 7.41. The van der Waals surface area contributed by atoms with Gasteiger partial charge in [-0.25, -0.2) is 4.58 Å². The number of rotatable bonds is 1. The first-order valence-corrected chi connectivity index (χ1v) is 13.5. The highest BCUT2D eigenvalue weighted by Crippen LogP contribution is 2.42. The van der Waals surface area contributed by atoms with Crippen LogP contribution >= 0.6 is 7.37 Å². The summed E-state index contributed by atoms with van der Waals surface area (Å²) in [5.74, 6) is 0. The molecule has 33 heavy (non-hydrogen) atoms. The van der Waals surface area contributed by atoms with Crippen LogP contribution in [0.2, 0.25) is 0 Å². The largest absolute Gasteiger partial charge is 0.793 e. The Balaban J connectivity index is 1.81. The van der Waals surface area contributed by atoms with Gasteiger partial charge in [0, 0.05) is 47.9 Å². The molecule has 6 rings (SSSR count). The molecule has 0 aromatic heterocycles. The molecule has 3 aliphatic heterocycles. The Kier molecular flexibility index (Phi) is 4.69. The van der Waals surface area contributed by atoms with Gasteiger partial charge in [-0.15, -0.1) is 0 Å². The molecule has 0 aliphatic carbocycles. The minimum Gasteiger partial charge on any atom is -0.793 e. The summed E-state index contributed by atoms with van der Waals surface area (Å²) < 4.78 is 16.3. The molecule has 3 aliphatic rings. The molecule has 0 fully saturated rings. The highest BCUT2D eigenvalue weighted by Gasteiger charge is 2.32. The maximum atomic E-state index is 14.1. The van der Waals surface area contributed by atoms with Gasteiger partial charge in [0.25, 0.3) is 0 Å². The Morgan fingerprint density at radius 3 is 2.58 bits per heavy atom. The van der Waals surface area contributed by atoms with Crippen LogP contribution in [0.25, 0.3) is 5.57 Å². The molecular weight excluding hydrogens is 427 g/mol. The van der Waals surface area contributed by atoms with Gasteiger partial charge in [-0.3, -0.25) is 0 Å². The molecule has 0 saturated heterocycles. The quantitative estimate of drug-likeness (QED) is 0.413. The third-order valence-corrected chi connectivity index (χ3v) is 9.69. The van der Waals surface area contributed by atoms with Crippen LogP contribution in [0.15, 0.2) is 48.5 Å². The van der Waals surface area contributed by atoms with E-state index >= 15 is 0 Å². The van der Waals surface area contributed by atoms with Crippen molar-refractivity contribution in [2.45, 2.75) is 32.6 Å². The van der Waals surface area contributed by atoms with Gasteiger partial charge in [0.2, 0.25) is 5.36 Å². The molecule has 4 nitrogen and oxygen atoms in total. The Labute approximate surface area is 195 Å². The van der Waals surface area contributed by atoms with Gasteiger partial charge in [0.15, 0.2) is 0 Å². The minimum atomic E-state index is -4.01. The van der Waals surface area contributed by atoms with Crippen LogP contribution in [0.3, 0.4) is 0 Å².